The van der Waals surface area contributed by atoms with Gasteiger partial charge in [0.25, 0.3) is 0 Å². The van der Waals surface area contributed by atoms with Crippen molar-refractivity contribution in [3.05, 3.63) is 29.6 Å². The summed E-state index contributed by atoms with van der Waals surface area (Å²) in [5.74, 6) is 0.206. The molecule has 1 aliphatic heterocycles. The predicted octanol–water partition coefficient (Wildman–Crippen LogP) is 1.77. The summed E-state index contributed by atoms with van der Waals surface area (Å²) in [6.45, 7) is 3.92. The largest absolute Gasteiger partial charge is 0.396 e. The van der Waals surface area contributed by atoms with Gasteiger partial charge in [0.2, 0.25) is 0 Å². The second-order valence-corrected chi connectivity index (χ2v) is 5.57. The fraction of sp³-hybridized carbons (Fsp3) is 0.625. The Kier molecular flexibility index (Phi) is 6.42. The van der Waals surface area contributed by atoms with Crippen LogP contribution >= 0.6 is 0 Å². The highest BCUT2D eigenvalue weighted by atomic mass is 19.1. The van der Waals surface area contributed by atoms with Gasteiger partial charge in [-0.3, -0.25) is 0 Å². The maximum atomic E-state index is 14.2. The van der Waals surface area contributed by atoms with Gasteiger partial charge in [0.1, 0.15) is 5.82 Å². The lowest BCUT2D eigenvalue weighted by Crippen LogP contribution is -2.35. The van der Waals surface area contributed by atoms with Crippen LogP contribution in [0.15, 0.2) is 18.2 Å². The topological polar surface area (TPSA) is 44.7 Å². The molecule has 0 aliphatic carbocycles. The molecule has 0 unspecified atom stereocenters. The Morgan fingerprint density at radius 1 is 1.38 bits per heavy atom. The Balaban J connectivity index is 1.90. The van der Waals surface area contributed by atoms with Crippen molar-refractivity contribution in [2.45, 2.75) is 19.4 Å². The fourth-order valence-electron chi connectivity index (χ4n) is 2.68. The lowest BCUT2D eigenvalue weighted by Gasteiger charge is -2.33. The molecule has 0 bridgehead atoms. The normalized spacial score (nSPS) is 16.4. The van der Waals surface area contributed by atoms with Gasteiger partial charge in [-0.2, -0.15) is 0 Å². The van der Waals surface area contributed by atoms with Gasteiger partial charge >= 0.3 is 0 Å². The summed E-state index contributed by atoms with van der Waals surface area (Å²) in [5, 5.41) is 12.4. The fourth-order valence-corrected chi connectivity index (χ4v) is 2.68. The summed E-state index contributed by atoms with van der Waals surface area (Å²) in [6.07, 6.45) is 1.85. The first-order chi connectivity index (χ1) is 10.2. The van der Waals surface area contributed by atoms with Crippen LogP contribution in [-0.4, -0.2) is 45.1 Å². The van der Waals surface area contributed by atoms with Crippen LogP contribution in [0.3, 0.4) is 0 Å². The lowest BCUT2D eigenvalue weighted by atomic mass is 9.97. The number of aliphatic hydroxyl groups excluding tert-OH is 1. The van der Waals surface area contributed by atoms with Gasteiger partial charge in [-0.15, -0.1) is 0 Å². The van der Waals surface area contributed by atoms with Gasteiger partial charge in [-0.25, -0.2) is 4.39 Å². The van der Waals surface area contributed by atoms with Crippen molar-refractivity contribution in [1.82, 2.24) is 5.32 Å². The molecule has 0 spiro atoms. The van der Waals surface area contributed by atoms with Crippen LogP contribution in [0.1, 0.15) is 18.4 Å². The molecule has 1 aromatic carbocycles. The number of rotatable bonds is 7. The van der Waals surface area contributed by atoms with Crippen molar-refractivity contribution in [2.75, 3.05) is 44.9 Å². The van der Waals surface area contributed by atoms with Crippen molar-refractivity contribution in [1.29, 1.82) is 0 Å². The number of methoxy groups -OCH3 is 1. The van der Waals surface area contributed by atoms with Crippen LogP contribution in [0.25, 0.3) is 0 Å². The van der Waals surface area contributed by atoms with Gasteiger partial charge < -0.3 is 20.1 Å². The van der Waals surface area contributed by atoms with E-state index in [0.29, 0.717) is 24.8 Å². The van der Waals surface area contributed by atoms with Crippen molar-refractivity contribution in [2.24, 2.45) is 5.92 Å². The second kappa shape index (κ2) is 8.32. The SMILES string of the molecule is COCCNCc1ccc(N2CCC(CO)CC2)c(F)c1. The van der Waals surface area contributed by atoms with E-state index in [4.69, 9.17) is 9.84 Å². The van der Waals surface area contributed by atoms with E-state index in [1.807, 2.05) is 12.1 Å². The molecule has 0 radical (unpaired) electrons. The molecule has 21 heavy (non-hydrogen) atoms. The van der Waals surface area contributed by atoms with Gasteiger partial charge in [-0.05, 0) is 36.5 Å². The molecule has 0 aromatic heterocycles. The predicted molar refractivity (Wildman–Crippen MR) is 82.0 cm³/mol. The van der Waals surface area contributed by atoms with Crippen LogP contribution in [0.4, 0.5) is 10.1 Å². The van der Waals surface area contributed by atoms with Crippen LogP contribution in [0.2, 0.25) is 0 Å². The molecule has 4 nitrogen and oxygen atoms in total. The molecule has 2 N–H and O–H groups in total. The third-order valence-corrected chi connectivity index (χ3v) is 4.04. The van der Waals surface area contributed by atoms with Gasteiger partial charge in [0.15, 0.2) is 0 Å². The van der Waals surface area contributed by atoms with E-state index in [9.17, 15) is 4.39 Å². The van der Waals surface area contributed by atoms with E-state index < -0.39 is 0 Å². The summed E-state index contributed by atoms with van der Waals surface area (Å²) >= 11 is 0. The van der Waals surface area contributed by atoms with Gasteiger partial charge in [0, 0.05) is 39.9 Å². The van der Waals surface area contributed by atoms with E-state index in [0.717, 1.165) is 38.0 Å². The van der Waals surface area contributed by atoms with E-state index in [-0.39, 0.29) is 12.4 Å². The van der Waals surface area contributed by atoms with Crippen LogP contribution in [0, 0.1) is 11.7 Å². The smallest absolute Gasteiger partial charge is 0.146 e. The standard InChI is InChI=1S/C16H25FN2O2/c1-21-9-6-18-11-14-2-3-16(15(17)10-14)19-7-4-13(12-20)5-8-19/h2-3,10,13,18,20H,4-9,11-12H2,1H3. The molecule has 1 fully saturated rings. The summed E-state index contributed by atoms with van der Waals surface area (Å²) < 4.78 is 19.2. The first kappa shape index (κ1) is 16.2. The van der Waals surface area contributed by atoms with E-state index in [2.05, 4.69) is 10.2 Å². The summed E-state index contributed by atoms with van der Waals surface area (Å²) in [6, 6.07) is 5.44. The first-order valence-electron chi connectivity index (χ1n) is 7.58. The maximum absolute atomic E-state index is 14.2. The highest BCUT2D eigenvalue weighted by Gasteiger charge is 2.20. The molecule has 1 heterocycles. The molecule has 1 aromatic rings. The number of anilines is 1. The molecule has 0 atom stereocenters. The Morgan fingerprint density at radius 3 is 2.76 bits per heavy atom. The molecule has 0 amide bonds. The molecular formula is C16H25FN2O2. The Morgan fingerprint density at radius 2 is 2.14 bits per heavy atom. The van der Waals surface area contributed by atoms with Crippen molar-refractivity contribution in [3.63, 3.8) is 0 Å². The third-order valence-electron chi connectivity index (χ3n) is 4.04. The van der Waals surface area contributed by atoms with Gasteiger partial charge in [-0.1, -0.05) is 6.07 Å². The molecule has 2 rings (SSSR count). The molecule has 0 saturated carbocycles. The first-order valence-corrected chi connectivity index (χ1v) is 7.58. The average Bonchev–Trinajstić information content (AvgIpc) is 2.52. The number of halogens is 1. The van der Waals surface area contributed by atoms with Crippen molar-refractivity contribution >= 4 is 5.69 Å². The van der Waals surface area contributed by atoms with E-state index >= 15 is 0 Å². The zero-order valence-corrected chi connectivity index (χ0v) is 12.6. The summed E-state index contributed by atoms with van der Waals surface area (Å²) in [5.41, 5.74) is 1.62. The van der Waals surface area contributed by atoms with Crippen LogP contribution in [0.5, 0.6) is 0 Å². The minimum atomic E-state index is -0.163. The zero-order chi connectivity index (χ0) is 15.1. The molecular weight excluding hydrogens is 271 g/mol. The summed E-state index contributed by atoms with van der Waals surface area (Å²) in [4.78, 5) is 2.07. The van der Waals surface area contributed by atoms with Crippen LogP contribution < -0.4 is 10.2 Å². The van der Waals surface area contributed by atoms with Gasteiger partial charge in [0.05, 0.1) is 12.3 Å². The van der Waals surface area contributed by atoms with E-state index in [1.54, 1.807) is 13.2 Å². The Labute approximate surface area is 125 Å². The molecule has 118 valence electrons. The van der Waals surface area contributed by atoms with E-state index in [1.165, 1.54) is 0 Å². The number of hydrogen-bond acceptors (Lipinski definition) is 4. The Bertz CT molecular complexity index is 434. The third kappa shape index (κ3) is 4.66. The van der Waals surface area contributed by atoms with Crippen molar-refractivity contribution in [3.8, 4) is 0 Å². The zero-order valence-electron chi connectivity index (χ0n) is 12.6. The average molecular weight is 296 g/mol. The minimum absolute atomic E-state index is 0.163. The second-order valence-electron chi connectivity index (χ2n) is 5.57. The number of nitrogens with one attached hydrogen (secondary N) is 1. The number of aliphatic hydroxyl groups is 1. The highest BCUT2D eigenvalue weighted by Crippen LogP contribution is 2.26. The number of nitrogens with zero attached hydrogens (tertiary/aromatic N) is 1. The van der Waals surface area contributed by atoms with Crippen LogP contribution in [-0.2, 0) is 11.3 Å². The quantitative estimate of drug-likeness (QED) is 0.753. The number of ether oxygens (including phenoxy) is 1. The maximum Gasteiger partial charge on any atom is 0.146 e. The number of piperidine rings is 1. The molecule has 1 aliphatic rings. The van der Waals surface area contributed by atoms with Crippen molar-refractivity contribution < 1.29 is 14.2 Å². The minimum Gasteiger partial charge on any atom is -0.396 e. The monoisotopic (exact) mass is 296 g/mol. The Hall–Kier alpha value is -1.17. The number of hydrogen-bond donors (Lipinski definition) is 2. The highest BCUT2D eigenvalue weighted by molar-refractivity contribution is 5.49. The molecule has 5 heteroatoms. The lowest BCUT2D eigenvalue weighted by molar-refractivity contribution is 0.199. The summed E-state index contributed by atoms with van der Waals surface area (Å²) in [7, 11) is 1.66. The molecule has 1 saturated heterocycles. The number of benzene rings is 1.